The minimum absolute atomic E-state index is 0.0362. The summed E-state index contributed by atoms with van der Waals surface area (Å²) >= 11 is 0. The number of nitrogens with zero attached hydrogens (tertiary/aromatic N) is 2. The van der Waals surface area contributed by atoms with E-state index in [1.807, 2.05) is 19.9 Å². The molecule has 2 amide bonds. The second-order valence-electron chi connectivity index (χ2n) is 6.28. The maximum atomic E-state index is 12.7. The molecule has 1 aliphatic rings. The van der Waals surface area contributed by atoms with Gasteiger partial charge in [0, 0.05) is 26.2 Å². The quantitative estimate of drug-likeness (QED) is 0.854. The van der Waals surface area contributed by atoms with Gasteiger partial charge in [-0.15, -0.1) is 0 Å². The van der Waals surface area contributed by atoms with Gasteiger partial charge in [-0.2, -0.15) is 0 Å². The topological polar surface area (TPSA) is 96.4 Å². The normalized spacial score (nSPS) is 20.0. The van der Waals surface area contributed by atoms with Crippen molar-refractivity contribution in [1.29, 1.82) is 0 Å². The Morgan fingerprint density at radius 3 is 2.62 bits per heavy atom. The number of carbonyl (C=O) groups excluding carboxylic acids is 2. The summed E-state index contributed by atoms with van der Waals surface area (Å²) in [5.41, 5.74) is 1.29. The fraction of sp³-hybridized carbons (Fsp3) is 0.562. The Hall–Kier alpha value is -1.96. The van der Waals surface area contributed by atoms with Crippen LogP contribution in [0.2, 0.25) is 0 Å². The number of rotatable bonds is 4. The lowest BCUT2D eigenvalue weighted by Crippen LogP contribution is -2.52. The predicted molar refractivity (Wildman–Crippen MR) is 90.5 cm³/mol. The van der Waals surface area contributed by atoms with Crippen LogP contribution in [-0.2, 0) is 14.6 Å². The third-order valence-corrected chi connectivity index (χ3v) is 5.86. The molecule has 1 atom stereocenters. The van der Waals surface area contributed by atoms with E-state index >= 15 is 0 Å². The van der Waals surface area contributed by atoms with E-state index in [-0.39, 0.29) is 42.0 Å². The van der Waals surface area contributed by atoms with Crippen LogP contribution in [0.1, 0.15) is 42.2 Å². The number of aromatic nitrogens is 1. The van der Waals surface area contributed by atoms with E-state index in [2.05, 4.69) is 10.3 Å². The van der Waals surface area contributed by atoms with Gasteiger partial charge < -0.3 is 10.2 Å². The summed E-state index contributed by atoms with van der Waals surface area (Å²) in [6.07, 6.45) is 1.62. The fourth-order valence-corrected chi connectivity index (χ4v) is 4.19. The zero-order valence-electron chi connectivity index (χ0n) is 14.2. The second kappa shape index (κ2) is 7.29. The molecule has 0 bridgehead atoms. The van der Waals surface area contributed by atoms with Gasteiger partial charge in [-0.05, 0) is 17.5 Å². The number of amides is 2. The Morgan fingerprint density at radius 1 is 1.38 bits per heavy atom. The first kappa shape index (κ1) is 18.4. The lowest BCUT2D eigenvalue weighted by Gasteiger charge is -2.34. The summed E-state index contributed by atoms with van der Waals surface area (Å²) in [7, 11) is -1.76. The number of pyridine rings is 1. The van der Waals surface area contributed by atoms with E-state index < -0.39 is 15.9 Å². The SMILES string of the molecule is CNC(=O)CC1CS(=O)(=O)CCN1C(=O)c1ccc(C(C)C)cn1. The van der Waals surface area contributed by atoms with Crippen LogP contribution in [0.4, 0.5) is 0 Å². The van der Waals surface area contributed by atoms with Crippen molar-refractivity contribution >= 4 is 21.7 Å². The first-order valence-electron chi connectivity index (χ1n) is 7.91. The molecule has 1 unspecified atom stereocenters. The van der Waals surface area contributed by atoms with Gasteiger partial charge in [0.1, 0.15) is 5.69 Å². The molecule has 7 nitrogen and oxygen atoms in total. The number of hydrogen-bond donors (Lipinski definition) is 1. The summed E-state index contributed by atoms with van der Waals surface area (Å²) < 4.78 is 23.7. The number of hydrogen-bond acceptors (Lipinski definition) is 5. The van der Waals surface area contributed by atoms with Gasteiger partial charge in [0.25, 0.3) is 5.91 Å². The van der Waals surface area contributed by atoms with Crippen LogP contribution in [0.15, 0.2) is 18.3 Å². The Kier molecular flexibility index (Phi) is 5.58. The summed E-state index contributed by atoms with van der Waals surface area (Å²) in [6.45, 7) is 4.15. The van der Waals surface area contributed by atoms with Crippen molar-refractivity contribution < 1.29 is 18.0 Å². The molecule has 1 aromatic heterocycles. The van der Waals surface area contributed by atoms with Gasteiger partial charge in [-0.25, -0.2) is 8.42 Å². The summed E-state index contributed by atoms with van der Waals surface area (Å²) in [5.74, 6) is -0.613. The summed E-state index contributed by atoms with van der Waals surface area (Å²) in [6, 6.07) is 2.83. The molecule has 0 spiro atoms. The van der Waals surface area contributed by atoms with Crippen LogP contribution in [0.25, 0.3) is 0 Å². The molecule has 1 saturated heterocycles. The Morgan fingerprint density at radius 2 is 2.08 bits per heavy atom. The summed E-state index contributed by atoms with van der Waals surface area (Å²) in [5, 5.41) is 2.47. The third-order valence-electron chi connectivity index (χ3n) is 4.16. The van der Waals surface area contributed by atoms with E-state index in [1.165, 1.54) is 11.9 Å². The number of sulfone groups is 1. The van der Waals surface area contributed by atoms with Gasteiger partial charge in [-0.3, -0.25) is 14.6 Å². The highest BCUT2D eigenvalue weighted by molar-refractivity contribution is 7.91. The average molecular weight is 353 g/mol. The zero-order valence-corrected chi connectivity index (χ0v) is 15.0. The minimum atomic E-state index is -3.25. The van der Waals surface area contributed by atoms with E-state index in [0.717, 1.165) is 5.56 Å². The van der Waals surface area contributed by atoms with Crippen LogP contribution in [0.3, 0.4) is 0 Å². The van der Waals surface area contributed by atoms with Gasteiger partial charge in [0.15, 0.2) is 9.84 Å². The second-order valence-corrected chi connectivity index (χ2v) is 8.50. The molecular formula is C16H23N3O4S. The van der Waals surface area contributed by atoms with E-state index in [4.69, 9.17) is 0 Å². The van der Waals surface area contributed by atoms with Crippen molar-refractivity contribution in [2.24, 2.45) is 0 Å². The van der Waals surface area contributed by atoms with Crippen LogP contribution < -0.4 is 5.32 Å². The van der Waals surface area contributed by atoms with Crippen molar-refractivity contribution in [1.82, 2.24) is 15.2 Å². The van der Waals surface area contributed by atoms with E-state index in [9.17, 15) is 18.0 Å². The maximum absolute atomic E-state index is 12.7. The maximum Gasteiger partial charge on any atom is 0.272 e. The molecule has 1 N–H and O–H groups in total. The molecule has 2 rings (SSSR count). The Bertz CT molecular complexity index is 713. The van der Waals surface area contributed by atoms with Crippen molar-refractivity contribution in [2.75, 3.05) is 25.1 Å². The lowest BCUT2D eigenvalue weighted by atomic mass is 10.1. The molecule has 2 heterocycles. The van der Waals surface area contributed by atoms with E-state index in [1.54, 1.807) is 12.3 Å². The van der Waals surface area contributed by atoms with E-state index in [0.29, 0.717) is 5.92 Å². The first-order valence-corrected chi connectivity index (χ1v) is 9.73. The van der Waals surface area contributed by atoms with Crippen LogP contribution >= 0.6 is 0 Å². The Balaban J connectivity index is 2.22. The Labute approximate surface area is 142 Å². The first-order chi connectivity index (χ1) is 11.2. The highest BCUT2D eigenvalue weighted by Crippen LogP contribution is 2.19. The molecule has 0 aromatic carbocycles. The molecule has 0 radical (unpaired) electrons. The molecule has 1 aromatic rings. The molecule has 8 heteroatoms. The zero-order chi connectivity index (χ0) is 17.9. The highest BCUT2D eigenvalue weighted by atomic mass is 32.2. The van der Waals surface area contributed by atoms with Gasteiger partial charge in [0.05, 0.1) is 17.5 Å². The number of carbonyl (C=O) groups is 2. The standard InChI is InChI=1S/C16H23N3O4S/c1-11(2)12-4-5-14(18-9-12)16(21)19-6-7-24(22,23)10-13(19)8-15(20)17-3/h4-5,9,11,13H,6-8,10H2,1-3H3,(H,17,20). The summed E-state index contributed by atoms with van der Waals surface area (Å²) in [4.78, 5) is 30.0. The monoisotopic (exact) mass is 353 g/mol. The van der Waals surface area contributed by atoms with Crippen molar-refractivity contribution in [3.8, 4) is 0 Å². The van der Waals surface area contributed by atoms with Crippen LogP contribution in [-0.4, -0.2) is 61.3 Å². The molecular weight excluding hydrogens is 330 g/mol. The molecule has 0 aliphatic carbocycles. The molecule has 1 fully saturated rings. The average Bonchev–Trinajstić information content (AvgIpc) is 2.53. The van der Waals surface area contributed by atoms with Crippen LogP contribution in [0.5, 0.6) is 0 Å². The lowest BCUT2D eigenvalue weighted by molar-refractivity contribution is -0.121. The molecule has 24 heavy (non-hydrogen) atoms. The molecule has 0 saturated carbocycles. The van der Waals surface area contributed by atoms with Gasteiger partial charge >= 0.3 is 0 Å². The minimum Gasteiger partial charge on any atom is -0.359 e. The van der Waals surface area contributed by atoms with Gasteiger partial charge in [0.2, 0.25) is 5.91 Å². The van der Waals surface area contributed by atoms with Crippen molar-refractivity contribution in [3.63, 3.8) is 0 Å². The van der Waals surface area contributed by atoms with Crippen molar-refractivity contribution in [3.05, 3.63) is 29.6 Å². The predicted octanol–water partition coefficient (Wildman–Crippen LogP) is 0.580. The molecule has 1 aliphatic heterocycles. The van der Waals surface area contributed by atoms with Gasteiger partial charge in [-0.1, -0.05) is 19.9 Å². The fourth-order valence-electron chi connectivity index (χ4n) is 2.66. The third kappa shape index (κ3) is 4.31. The molecule has 132 valence electrons. The van der Waals surface area contributed by atoms with Crippen LogP contribution in [0, 0.1) is 0 Å². The van der Waals surface area contributed by atoms with Crippen molar-refractivity contribution in [2.45, 2.75) is 32.2 Å². The smallest absolute Gasteiger partial charge is 0.272 e. The number of nitrogens with one attached hydrogen (secondary N) is 1. The highest BCUT2D eigenvalue weighted by Gasteiger charge is 2.36. The largest absolute Gasteiger partial charge is 0.359 e.